The van der Waals surface area contributed by atoms with Gasteiger partial charge in [-0.1, -0.05) is 6.42 Å². The predicted octanol–water partition coefficient (Wildman–Crippen LogP) is 2.35. The van der Waals surface area contributed by atoms with E-state index in [4.69, 9.17) is 0 Å². The van der Waals surface area contributed by atoms with Crippen molar-refractivity contribution < 1.29 is 0 Å². The number of aromatic nitrogens is 1. The van der Waals surface area contributed by atoms with E-state index >= 15 is 0 Å². The van der Waals surface area contributed by atoms with E-state index in [1.165, 1.54) is 25.8 Å². The number of thiazole rings is 1. The Balaban J connectivity index is 1.81. The van der Waals surface area contributed by atoms with E-state index in [0.29, 0.717) is 6.04 Å². The molecule has 0 saturated carbocycles. The van der Waals surface area contributed by atoms with E-state index in [9.17, 15) is 0 Å². The molecule has 1 aliphatic heterocycles. The average Bonchev–Trinajstić information content (AvgIpc) is 2.63. The van der Waals surface area contributed by atoms with E-state index in [1.54, 1.807) is 11.3 Å². The first-order valence-electron chi connectivity index (χ1n) is 5.62. The van der Waals surface area contributed by atoms with Crippen molar-refractivity contribution in [2.24, 2.45) is 0 Å². The Kier molecular flexibility index (Phi) is 3.59. The molecule has 84 valence electrons. The molecular formula is C11H19N3S. The molecule has 0 aromatic carbocycles. The van der Waals surface area contributed by atoms with Gasteiger partial charge >= 0.3 is 0 Å². The lowest BCUT2D eigenvalue weighted by Gasteiger charge is -2.32. The zero-order chi connectivity index (χ0) is 10.7. The molecule has 0 radical (unpaired) electrons. The molecule has 4 heteroatoms. The average molecular weight is 225 g/mol. The molecule has 0 bridgehead atoms. The first-order chi connectivity index (χ1) is 7.25. The molecule has 1 aromatic rings. The second-order valence-electron chi connectivity index (χ2n) is 4.31. The highest BCUT2D eigenvalue weighted by Crippen LogP contribution is 2.18. The Morgan fingerprint density at radius 2 is 2.47 bits per heavy atom. The molecule has 15 heavy (non-hydrogen) atoms. The van der Waals surface area contributed by atoms with Crippen molar-refractivity contribution >= 4 is 16.5 Å². The van der Waals surface area contributed by atoms with Crippen molar-refractivity contribution in [1.29, 1.82) is 0 Å². The SMILES string of the molecule is Cc1csc(NCC2CCCCN2C)n1. The molecule has 1 unspecified atom stereocenters. The second-order valence-corrected chi connectivity index (χ2v) is 5.16. The number of likely N-dealkylation sites (tertiary alicyclic amines) is 1. The molecule has 1 aromatic heterocycles. The zero-order valence-electron chi connectivity index (χ0n) is 9.49. The fraction of sp³-hybridized carbons (Fsp3) is 0.727. The fourth-order valence-electron chi connectivity index (χ4n) is 2.04. The van der Waals surface area contributed by atoms with Gasteiger partial charge in [0.15, 0.2) is 5.13 Å². The van der Waals surface area contributed by atoms with E-state index in [-0.39, 0.29) is 0 Å². The van der Waals surface area contributed by atoms with Crippen molar-refractivity contribution in [1.82, 2.24) is 9.88 Å². The van der Waals surface area contributed by atoms with E-state index in [1.807, 2.05) is 6.92 Å². The van der Waals surface area contributed by atoms with Crippen molar-refractivity contribution in [3.8, 4) is 0 Å². The van der Waals surface area contributed by atoms with Crippen LogP contribution in [0.15, 0.2) is 5.38 Å². The van der Waals surface area contributed by atoms with Gasteiger partial charge in [-0.15, -0.1) is 11.3 Å². The van der Waals surface area contributed by atoms with Crippen LogP contribution in [0.25, 0.3) is 0 Å². The summed E-state index contributed by atoms with van der Waals surface area (Å²) in [5.74, 6) is 0. The number of nitrogens with one attached hydrogen (secondary N) is 1. The van der Waals surface area contributed by atoms with Gasteiger partial charge in [0.1, 0.15) is 0 Å². The standard InChI is InChI=1S/C11H19N3S/c1-9-8-15-11(13-9)12-7-10-5-3-4-6-14(10)2/h8,10H,3-7H2,1-2H3,(H,12,13). The minimum Gasteiger partial charge on any atom is -0.360 e. The Morgan fingerprint density at radius 3 is 3.13 bits per heavy atom. The van der Waals surface area contributed by atoms with Gasteiger partial charge in [-0.05, 0) is 33.4 Å². The number of piperidine rings is 1. The van der Waals surface area contributed by atoms with Crippen LogP contribution in [0.1, 0.15) is 25.0 Å². The maximum atomic E-state index is 4.41. The van der Waals surface area contributed by atoms with Crippen molar-refractivity contribution in [3.63, 3.8) is 0 Å². The minimum absolute atomic E-state index is 0.683. The summed E-state index contributed by atoms with van der Waals surface area (Å²) in [5, 5.41) is 6.58. The lowest BCUT2D eigenvalue weighted by molar-refractivity contribution is 0.194. The molecule has 1 aliphatic rings. The predicted molar refractivity (Wildman–Crippen MR) is 65.6 cm³/mol. The van der Waals surface area contributed by atoms with Crippen LogP contribution < -0.4 is 5.32 Å². The molecule has 0 amide bonds. The van der Waals surface area contributed by atoms with Crippen molar-refractivity contribution in [2.75, 3.05) is 25.5 Å². The molecule has 1 saturated heterocycles. The maximum absolute atomic E-state index is 4.41. The molecule has 1 N–H and O–H groups in total. The summed E-state index contributed by atoms with van der Waals surface area (Å²) in [4.78, 5) is 6.86. The van der Waals surface area contributed by atoms with Crippen LogP contribution in [0.3, 0.4) is 0 Å². The molecule has 2 rings (SSSR count). The quantitative estimate of drug-likeness (QED) is 0.856. The highest BCUT2D eigenvalue weighted by Gasteiger charge is 2.18. The Hall–Kier alpha value is -0.610. The van der Waals surface area contributed by atoms with Crippen molar-refractivity contribution in [2.45, 2.75) is 32.2 Å². The van der Waals surface area contributed by atoms with E-state index in [2.05, 4.69) is 27.6 Å². The third-order valence-electron chi connectivity index (χ3n) is 3.03. The van der Waals surface area contributed by atoms with Crippen molar-refractivity contribution in [3.05, 3.63) is 11.1 Å². The largest absolute Gasteiger partial charge is 0.360 e. The van der Waals surface area contributed by atoms with Gasteiger partial charge in [0.2, 0.25) is 0 Å². The number of rotatable bonds is 3. The number of hydrogen-bond donors (Lipinski definition) is 1. The maximum Gasteiger partial charge on any atom is 0.182 e. The summed E-state index contributed by atoms with van der Waals surface area (Å²) in [6.07, 6.45) is 4.03. The van der Waals surface area contributed by atoms with Gasteiger partial charge in [-0.3, -0.25) is 0 Å². The topological polar surface area (TPSA) is 28.2 Å². The third kappa shape index (κ3) is 2.92. The van der Waals surface area contributed by atoms with Gasteiger partial charge < -0.3 is 10.2 Å². The highest BCUT2D eigenvalue weighted by atomic mass is 32.1. The minimum atomic E-state index is 0.683. The molecule has 3 nitrogen and oxygen atoms in total. The molecular weight excluding hydrogens is 206 g/mol. The van der Waals surface area contributed by atoms with Crippen LogP contribution in [-0.2, 0) is 0 Å². The first kappa shape index (κ1) is 10.9. The lowest BCUT2D eigenvalue weighted by atomic mass is 10.0. The summed E-state index contributed by atoms with van der Waals surface area (Å²) in [6.45, 7) is 4.31. The van der Waals surface area contributed by atoms with Gasteiger partial charge in [-0.2, -0.15) is 0 Å². The highest BCUT2D eigenvalue weighted by molar-refractivity contribution is 7.13. The molecule has 1 atom stereocenters. The Morgan fingerprint density at radius 1 is 1.60 bits per heavy atom. The molecule has 0 aliphatic carbocycles. The number of likely N-dealkylation sites (N-methyl/N-ethyl adjacent to an activating group) is 1. The number of anilines is 1. The summed E-state index contributed by atoms with van der Waals surface area (Å²) < 4.78 is 0. The van der Waals surface area contributed by atoms with Gasteiger partial charge in [0, 0.05) is 18.0 Å². The van der Waals surface area contributed by atoms with Crippen LogP contribution in [-0.4, -0.2) is 36.1 Å². The number of hydrogen-bond acceptors (Lipinski definition) is 4. The van der Waals surface area contributed by atoms with Gasteiger partial charge in [0.05, 0.1) is 5.69 Å². The smallest absolute Gasteiger partial charge is 0.182 e. The van der Waals surface area contributed by atoms with Crippen LogP contribution in [0.4, 0.5) is 5.13 Å². The zero-order valence-corrected chi connectivity index (χ0v) is 10.3. The second kappa shape index (κ2) is 4.94. The van der Waals surface area contributed by atoms with Crippen LogP contribution in [0, 0.1) is 6.92 Å². The Bertz CT molecular complexity index is 311. The van der Waals surface area contributed by atoms with E-state index < -0.39 is 0 Å². The summed E-state index contributed by atoms with van der Waals surface area (Å²) in [6, 6.07) is 0.683. The van der Waals surface area contributed by atoms with Crippen LogP contribution in [0.5, 0.6) is 0 Å². The first-order valence-corrected chi connectivity index (χ1v) is 6.50. The molecule has 2 heterocycles. The number of aryl methyl sites for hydroxylation is 1. The van der Waals surface area contributed by atoms with Gasteiger partial charge in [0.25, 0.3) is 0 Å². The van der Waals surface area contributed by atoms with Crippen LogP contribution in [0.2, 0.25) is 0 Å². The Labute approximate surface area is 95.5 Å². The molecule has 1 fully saturated rings. The summed E-state index contributed by atoms with van der Waals surface area (Å²) in [7, 11) is 2.22. The van der Waals surface area contributed by atoms with E-state index in [0.717, 1.165) is 17.4 Å². The summed E-state index contributed by atoms with van der Waals surface area (Å²) >= 11 is 1.70. The monoisotopic (exact) mass is 225 g/mol. The number of nitrogens with zero attached hydrogens (tertiary/aromatic N) is 2. The van der Waals surface area contributed by atoms with Gasteiger partial charge in [-0.25, -0.2) is 4.98 Å². The summed E-state index contributed by atoms with van der Waals surface area (Å²) in [5.41, 5.74) is 1.11. The fourth-order valence-corrected chi connectivity index (χ4v) is 2.74. The van der Waals surface area contributed by atoms with Crippen LogP contribution >= 0.6 is 11.3 Å². The lowest BCUT2D eigenvalue weighted by Crippen LogP contribution is -2.40. The molecule has 0 spiro atoms. The third-order valence-corrected chi connectivity index (χ3v) is 3.95. The normalized spacial score (nSPS) is 22.9.